The van der Waals surface area contributed by atoms with Crippen molar-refractivity contribution in [3.8, 4) is 0 Å². The van der Waals surface area contributed by atoms with E-state index in [0.717, 1.165) is 11.3 Å². The van der Waals surface area contributed by atoms with Crippen molar-refractivity contribution in [1.29, 1.82) is 0 Å². The first-order chi connectivity index (χ1) is 16.9. The quantitative estimate of drug-likeness (QED) is 0.396. The molecule has 0 radical (unpaired) electrons. The maximum absolute atomic E-state index is 14.3. The van der Waals surface area contributed by atoms with Crippen LogP contribution in [0.25, 0.3) is 0 Å². The van der Waals surface area contributed by atoms with E-state index in [1.165, 1.54) is 48.5 Å². The molecule has 9 heteroatoms. The predicted octanol–water partition coefficient (Wildman–Crippen LogP) is 5.67. The summed E-state index contributed by atoms with van der Waals surface area (Å²) in [7, 11) is -1.10. The number of carbonyl (C=O) groups is 1. The summed E-state index contributed by atoms with van der Waals surface area (Å²) in [6, 6.07) is 19.6. The van der Waals surface area contributed by atoms with Gasteiger partial charge in [0.15, 0.2) is 6.10 Å². The average molecular weight is 516 g/mol. The Balaban J connectivity index is 1.95. The smallest absolute Gasteiger partial charge is 0.450 e. The molecule has 1 aliphatic rings. The number of ketones is 1. The van der Waals surface area contributed by atoms with E-state index in [1.54, 1.807) is 56.3 Å². The lowest BCUT2D eigenvalue weighted by atomic mass is 9.89. The summed E-state index contributed by atoms with van der Waals surface area (Å²) in [6.45, 7) is 1.74. The number of Topliss-reactive ketones (excluding diaryl/α,β-unsaturated/α-hetero) is 1. The largest absolute Gasteiger partial charge is 0.475 e. The van der Waals surface area contributed by atoms with Crippen molar-refractivity contribution in [3.05, 3.63) is 106 Å². The number of ether oxygens (including phenoxy) is 1. The average Bonchev–Trinajstić information content (AvgIpc) is 3.27. The first-order valence-corrected chi connectivity index (χ1v) is 12.6. The number of hydrogen-bond donors (Lipinski definition) is 0. The standard InChI is InChI=1S/C27H24F3NO4S/c1-17-9-15-21(16-10-17)36(33,34)25-22(18-11-13-20(14-12-18)31(2)3)24(35-26(25)27(28,29)30)23(32)19-7-5-4-6-8-19/h4-16,22,24H,1-3H3. The highest BCUT2D eigenvalue weighted by atomic mass is 32.2. The van der Waals surface area contributed by atoms with Gasteiger partial charge in [0.05, 0.1) is 10.8 Å². The number of aryl methyl sites for hydroxylation is 1. The summed E-state index contributed by atoms with van der Waals surface area (Å²) in [6.07, 6.45) is -6.86. The summed E-state index contributed by atoms with van der Waals surface area (Å²) in [5.74, 6) is -3.91. The molecule has 0 bridgehead atoms. The number of benzene rings is 3. The Labute approximate surface area is 207 Å². The molecule has 4 rings (SSSR count). The molecule has 0 aliphatic carbocycles. The molecule has 2 unspecified atom stereocenters. The monoisotopic (exact) mass is 515 g/mol. The van der Waals surface area contributed by atoms with Crippen molar-refractivity contribution in [2.75, 3.05) is 19.0 Å². The zero-order valence-electron chi connectivity index (χ0n) is 19.8. The number of allylic oxidation sites excluding steroid dienone is 1. The molecule has 3 aromatic carbocycles. The van der Waals surface area contributed by atoms with Gasteiger partial charge in [-0.1, -0.05) is 60.2 Å². The van der Waals surface area contributed by atoms with Crippen LogP contribution in [0.2, 0.25) is 0 Å². The SMILES string of the molecule is Cc1ccc(S(=O)(=O)C2=C(C(F)(F)F)OC(C(=O)c3ccccc3)C2c2ccc(N(C)C)cc2)cc1. The van der Waals surface area contributed by atoms with Crippen molar-refractivity contribution in [1.82, 2.24) is 0 Å². The highest BCUT2D eigenvalue weighted by Crippen LogP contribution is 2.49. The van der Waals surface area contributed by atoms with E-state index in [9.17, 15) is 26.4 Å². The lowest BCUT2D eigenvalue weighted by Gasteiger charge is -2.22. The highest BCUT2D eigenvalue weighted by molar-refractivity contribution is 7.95. The van der Waals surface area contributed by atoms with Crippen molar-refractivity contribution < 1.29 is 31.1 Å². The minimum absolute atomic E-state index is 0.118. The molecule has 0 amide bonds. The van der Waals surface area contributed by atoms with Gasteiger partial charge >= 0.3 is 6.18 Å². The van der Waals surface area contributed by atoms with Gasteiger partial charge in [0.2, 0.25) is 21.4 Å². The normalized spacial score (nSPS) is 18.2. The summed E-state index contributed by atoms with van der Waals surface area (Å²) in [4.78, 5) is 13.9. The van der Waals surface area contributed by atoms with E-state index in [4.69, 9.17) is 4.74 Å². The van der Waals surface area contributed by atoms with Gasteiger partial charge in [0.25, 0.3) is 0 Å². The molecule has 1 aliphatic heterocycles. The van der Waals surface area contributed by atoms with Crippen LogP contribution in [0.15, 0.2) is 94.4 Å². The second-order valence-electron chi connectivity index (χ2n) is 8.74. The van der Waals surface area contributed by atoms with E-state index in [0.29, 0.717) is 0 Å². The van der Waals surface area contributed by atoms with Crippen LogP contribution in [0.5, 0.6) is 0 Å². The third-order valence-corrected chi connectivity index (χ3v) is 7.93. The number of carbonyl (C=O) groups excluding carboxylic acids is 1. The van der Waals surface area contributed by atoms with Crippen molar-refractivity contribution >= 4 is 21.3 Å². The fourth-order valence-electron chi connectivity index (χ4n) is 4.15. The van der Waals surface area contributed by atoms with E-state index in [1.807, 2.05) is 0 Å². The van der Waals surface area contributed by atoms with Crippen LogP contribution in [0, 0.1) is 6.92 Å². The van der Waals surface area contributed by atoms with Gasteiger partial charge in [0.1, 0.15) is 4.91 Å². The van der Waals surface area contributed by atoms with Gasteiger partial charge in [0, 0.05) is 25.3 Å². The number of alkyl halides is 3. The van der Waals surface area contributed by atoms with E-state index >= 15 is 0 Å². The zero-order chi connectivity index (χ0) is 26.3. The number of anilines is 1. The Bertz CT molecular complexity index is 1400. The Kier molecular flexibility index (Phi) is 6.70. The van der Waals surface area contributed by atoms with Crippen LogP contribution in [0.4, 0.5) is 18.9 Å². The van der Waals surface area contributed by atoms with Crippen LogP contribution in [-0.4, -0.2) is 40.6 Å². The summed E-state index contributed by atoms with van der Waals surface area (Å²) < 4.78 is 75.4. The van der Waals surface area contributed by atoms with E-state index in [2.05, 4.69) is 0 Å². The Hall–Kier alpha value is -3.59. The van der Waals surface area contributed by atoms with Crippen LogP contribution in [0.1, 0.15) is 27.4 Å². The number of hydrogen-bond acceptors (Lipinski definition) is 5. The molecule has 36 heavy (non-hydrogen) atoms. The van der Waals surface area contributed by atoms with Gasteiger partial charge in [-0.05, 0) is 36.8 Å². The van der Waals surface area contributed by atoms with Gasteiger partial charge in [-0.2, -0.15) is 13.2 Å². The molecule has 0 saturated carbocycles. The third kappa shape index (κ3) is 4.75. The number of rotatable bonds is 6. The fourth-order valence-corrected chi connectivity index (χ4v) is 5.90. The fraction of sp³-hybridized carbons (Fsp3) is 0.222. The molecule has 0 fully saturated rings. The van der Waals surface area contributed by atoms with Gasteiger partial charge in [-0.15, -0.1) is 0 Å². The number of nitrogens with zero attached hydrogens (tertiary/aromatic N) is 1. The lowest BCUT2D eigenvalue weighted by molar-refractivity contribution is -0.131. The topological polar surface area (TPSA) is 63.7 Å². The lowest BCUT2D eigenvalue weighted by Crippen LogP contribution is -2.29. The van der Waals surface area contributed by atoms with Crippen molar-refractivity contribution in [2.24, 2.45) is 0 Å². The van der Waals surface area contributed by atoms with Crippen LogP contribution in [-0.2, 0) is 14.6 Å². The summed E-state index contributed by atoms with van der Waals surface area (Å²) in [5, 5.41) is 0. The van der Waals surface area contributed by atoms with Gasteiger partial charge < -0.3 is 9.64 Å². The number of halogens is 3. The van der Waals surface area contributed by atoms with Crippen LogP contribution in [0.3, 0.4) is 0 Å². The predicted molar refractivity (Wildman–Crippen MR) is 131 cm³/mol. The maximum Gasteiger partial charge on any atom is 0.450 e. The molecular weight excluding hydrogens is 491 g/mol. The minimum Gasteiger partial charge on any atom is -0.475 e. The first-order valence-electron chi connectivity index (χ1n) is 11.1. The van der Waals surface area contributed by atoms with E-state index in [-0.39, 0.29) is 16.0 Å². The summed E-state index contributed by atoms with van der Waals surface area (Å²) >= 11 is 0. The van der Waals surface area contributed by atoms with Gasteiger partial charge in [-0.25, -0.2) is 8.42 Å². The van der Waals surface area contributed by atoms with E-state index < -0.39 is 44.5 Å². The molecule has 1 heterocycles. The summed E-state index contributed by atoms with van der Waals surface area (Å²) in [5.41, 5.74) is 1.84. The van der Waals surface area contributed by atoms with Crippen LogP contribution < -0.4 is 4.90 Å². The zero-order valence-corrected chi connectivity index (χ0v) is 20.6. The van der Waals surface area contributed by atoms with Crippen molar-refractivity contribution in [3.63, 3.8) is 0 Å². The molecule has 0 spiro atoms. The second kappa shape index (κ2) is 9.46. The Morgan fingerprint density at radius 3 is 2.00 bits per heavy atom. The molecule has 3 aromatic rings. The molecule has 0 N–H and O–H groups in total. The molecular formula is C27H24F3NO4S. The molecule has 188 valence electrons. The molecule has 0 aromatic heterocycles. The first kappa shape index (κ1) is 25.5. The van der Waals surface area contributed by atoms with Gasteiger partial charge in [-0.3, -0.25) is 4.79 Å². The molecule has 0 saturated heterocycles. The van der Waals surface area contributed by atoms with Crippen molar-refractivity contribution in [2.45, 2.75) is 30.0 Å². The van der Waals surface area contributed by atoms with Crippen LogP contribution >= 0.6 is 0 Å². The maximum atomic E-state index is 14.3. The Morgan fingerprint density at radius 2 is 1.47 bits per heavy atom. The molecule has 5 nitrogen and oxygen atoms in total. The minimum atomic E-state index is -5.14. The highest BCUT2D eigenvalue weighted by Gasteiger charge is 2.55. The third-order valence-electron chi connectivity index (χ3n) is 6.02. The Morgan fingerprint density at radius 1 is 0.889 bits per heavy atom. The number of sulfone groups is 1. The second-order valence-corrected chi connectivity index (χ2v) is 10.7. The molecule has 2 atom stereocenters.